The Morgan fingerprint density at radius 3 is 1.60 bits per heavy atom. The molecule has 200 valence electrons. The summed E-state index contributed by atoms with van der Waals surface area (Å²) in [6.07, 6.45) is 3.81. The molecular weight excluding hydrogens is 506 g/mol. The first-order valence-electron chi connectivity index (χ1n) is 14.4. The third-order valence-corrected chi connectivity index (χ3v) is 8.13. The fourth-order valence-electron chi connectivity index (χ4n) is 5.99. The Labute approximate surface area is 247 Å². The summed E-state index contributed by atoms with van der Waals surface area (Å²) < 4.78 is 2.44. The Hall–Kier alpha value is -5.40. The van der Waals surface area contributed by atoms with E-state index in [2.05, 4.69) is 157 Å². The van der Waals surface area contributed by atoms with Gasteiger partial charge in [-0.2, -0.15) is 0 Å². The van der Waals surface area contributed by atoms with Gasteiger partial charge in [0.2, 0.25) is 0 Å². The normalized spacial score (nSPS) is 11.1. The molecule has 1 aromatic heterocycles. The molecule has 0 fully saturated rings. The molecule has 6 aromatic carbocycles. The predicted octanol–water partition coefficient (Wildman–Crippen LogP) is 11.1. The van der Waals surface area contributed by atoms with Gasteiger partial charge in [0.05, 0.1) is 0 Å². The lowest BCUT2D eigenvalue weighted by Crippen LogP contribution is -1.98. The molecule has 42 heavy (non-hydrogen) atoms. The molecule has 7 rings (SSSR count). The number of hydrogen-bond acceptors (Lipinski definition) is 0. The summed E-state index contributed by atoms with van der Waals surface area (Å²) in [5.41, 5.74) is 13.1. The Balaban J connectivity index is 1.42. The summed E-state index contributed by atoms with van der Waals surface area (Å²) in [5, 5.41) is 2.55. The van der Waals surface area contributed by atoms with Gasteiger partial charge in [-0.3, -0.25) is 0 Å². The number of para-hydroxylation sites is 1. The molecule has 7 aromatic rings. The molecule has 0 radical (unpaired) electrons. The summed E-state index contributed by atoms with van der Waals surface area (Å²) in [6, 6.07) is 50.4. The molecule has 0 saturated carbocycles. The van der Waals surface area contributed by atoms with E-state index in [0.29, 0.717) is 0 Å². The number of rotatable bonds is 7. The van der Waals surface area contributed by atoms with Crippen molar-refractivity contribution in [2.45, 2.75) is 6.54 Å². The number of nitrogens with zero attached hydrogens (tertiary/aromatic N) is 1. The Morgan fingerprint density at radius 2 is 0.976 bits per heavy atom. The number of fused-ring (bicyclic) bond motifs is 3. The number of aromatic nitrogens is 1. The van der Waals surface area contributed by atoms with Gasteiger partial charge >= 0.3 is 0 Å². The van der Waals surface area contributed by atoms with E-state index in [1.54, 1.807) is 0 Å². The van der Waals surface area contributed by atoms with Crippen molar-refractivity contribution in [2.75, 3.05) is 0 Å². The highest BCUT2D eigenvalue weighted by Crippen LogP contribution is 2.37. The average molecular weight is 538 g/mol. The lowest BCUT2D eigenvalue weighted by Gasteiger charge is -2.13. The lowest BCUT2D eigenvalue weighted by molar-refractivity contribution is 0.869. The number of hydrogen-bond donors (Lipinski definition) is 0. The van der Waals surface area contributed by atoms with Crippen molar-refractivity contribution in [2.24, 2.45) is 0 Å². The second kappa shape index (κ2) is 10.9. The predicted molar refractivity (Wildman–Crippen MR) is 181 cm³/mol. The highest BCUT2D eigenvalue weighted by Gasteiger charge is 2.14. The van der Waals surface area contributed by atoms with Crippen LogP contribution < -0.4 is 0 Å². The Kier molecular flexibility index (Phi) is 6.62. The van der Waals surface area contributed by atoms with E-state index in [1.165, 1.54) is 60.8 Å². The topological polar surface area (TPSA) is 4.93 Å². The van der Waals surface area contributed by atoms with Gasteiger partial charge in [0, 0.05) is 28.4 Å². The summed E-state index contributed by atoms with van der Waals surface area (Å²) in [4.78, 5) is 0. The highest BCUT2D eigenvalue weighted by atomic mass is 15.0. The molecule has 0 aliphatic heterocycles. The maximum atomic E-state index is 3.99. The Bertz CT molecular complexity index is 2020. The average Bonchev–Trinajstić information content (AvgIpc) is 3.37. The zero-order valence-corrected chi connectivity index (χ0v) is 23.5. The van der Waals surface area contributed by atoms with E-state index >= 15 is 0 Å². The van der Waals surface area contributed by atoms with Crippen LogP contribution >= 0.6 is 0 Å². The lowest BCUT2D eigenvalue weighted by atomic mass is 9.92. The van der Waals surface area contributed by atoms with Gasteiger partial charge in [-0.1, -0.05) is 116 Å². The van der Waals surface area contributed by atoms with Crippen LogP contribution in [0.3, 0.4) is 0 Å². The molecule has 1 heterocycles. The molecule has 0 aliphatic carbocycles. The molecule has 0 aliphatic rings. The van der Waals surface area contributed by atoms with Crippen LogP contribution in [-0.2, 0) is 6.54 Å². The van der Waals surface area contributed by atoms with Crippen LogP contribution in [0.1, 0.15) is 16.7 Å². The van der Waals surface area contributed by atoms with E-state index in [9.17, 15) is 0 Å². The van der Waals surface area contributed by atoms with Gasteiger partial charge in [0.1, 0.15) is 0 Å². The van der Waals surface area contributed by atoms with Gasteiger partial charge in [-0.25, -0.2) is 0 Å². The molecule has 0 unspecified atom stereocenters. The fourth-order valence-corrected chi connectivity index (χ4v) is 5.99. The van der Waals surface area contributed by atoms with Crippen LogP contribution in [0.25, 0.3) is 67.3 Å². The minimum absolute atomic E-state index is 0.836. The maximum absolute atomic E-state index is 3.99. The largest absolute Gasteiger partial charge is 0.336 e. The summed E-state index contributed by atoms with van der Waals surface area (Å²) >= 11 is 0. The fraction of sp³-hybridized carbons (Fsp3) is 0.0244. The minimum atomic E-state index is 0.836. The van der Waals surface area contributed by atoms with Crippen LogP contribution in [0.5, 0.6) is 0 Å². The van der Waals surface area contributed by atoms with E-state index in [0.717, 1.165) is 17.7 Å². The third kappa shape index (κ3) is 4.76. The molecule has 1 nitrogen and oxygen atoms in total. The number of benzene rings is 6. The summed E-state index contributed by atoms with van der Waals surface area (Å²) in [5.74, 6) is 0. The van der Waals surface area contributed by atoms with Crippen molar-refractivity contribution in [3.8, 4) is 33.4 Å². The van der Waals surface area contributed by atoms with E-state index in [1.807, 2.05) is 12.2 Å². The van der Waals surface area contributed by atoms with Crippen molar-refractivity contribution >= 4 is 34.0 Å². The van der Waals surface area contributed by atoms with Crippen LogP contribution in [0.15, 0.2) is 153 Å². The second-order valence-electron chi connectivity index (χ2n) is 10.8. The third-order valence-electron chi connectivity index (χ3n) is 8.13. The molecule has 0 atom stereocenters. The smallest absolute Gasteiger partial charge is 0.0494 e. The molecule has 0 saturated heterocycles. The highest BCUT2D eigenvalue weighted by molar-refractivity contribution is 6.09. The Morgan fingerprint density at radius 1 is 0.429 bits per heavy atom. The van der Waals surface area contributed by atoms with E-state index in [4.69, 9.17) is 0 Å². The van der Waals surface area contributed by atoms with Crippen molar-refractivity contribution < 1.29 is 0 Å². The van der Waals surface area contributed by atoms with Gasteiger partial charge in [0.15, 0.2) is 0 Å². The van der Waals surface area contributed by atoms with Crippen molar-refractivity contribution in [3.05, 3.63) is 169 Å². The summed E-state index contributed by atoms with van der Waals surface area (Å²) in [7, 11) is 0. The van der Waals surface area contributed by atoms with Gasteiger partial charge in [-0.15, -0.1) is 0 Å². The van der Waals surface area contributed by atoms with E-state index in [-0.39, 0.29) is 0 Å². The molecule has 0 spiro atoms. The zero-order chi connectivity index (χ0) is 28.5. The first kappa shape index (κ1) is 25.6. The standard InChI is InChI=1S/C41H31N/c1-3-29-14-10-16-32(22-29)35-24-36(33-17-11-15-30(4-2)23-33)26-37(25-35)34-20-21-41-39(27-34)38-18-8-9-19-40(38)42(41)28-31-12-6-5-7-13-31/h3-27H,1-2,28H2. The van der Waals surface area contributed by atoms with E-state index < -0.39 is 0 Å². The van der Waals surface area contributed by atoms with Crippen LogP contribution in [-0.4, -0.2) is 4.57 Å². The quantitative estimate of drug-likeness (QED) is 0.191. The first-order chi connectivity index (χ1) is 20.7. The zero-order valence-electron chi connectivity index (χ0n) is 23.5. The van der Waals surface area contributed by atoms with Crippen LogP contribution in [0.2, 0.25) is 0 Å². The van der Waals surface area contributed by atoms with Crippen LogP contribution in [0.4, 0.5) is 0 Å². The maximum Gasteiger partial charge on any atom is 0.0494 e. The monoisotopic (exact) mass is 537 g/mol. The minimum Gasteiger partial charge on any atom is -0.336 e. The molecule has 1 heteroatoms. The van der Waals surface area contributed by atoms with Crippen molar-refractivity contribution in [1.29, 1.82) is 0 Å². The SMILES string of the molecule is C=Cc1cccc(-c2cc(-c3cccc(C=C)c3)cc(-c3ccc4c(c3)c3ccccc3n4Cc3ccccc3)c2)c1. The molecule has 0 bridgehead atoms. The molecule has 0 N–H and O–H groups in total. The second-order valence-corrected chi connectivity index (χ2v) is 10.8. The van der Waals surface area contributed by atoms with Gasteiger partial charge < -0.3 is 4.57 Å². The molecule has 0 amide bonds. The van der Waals surface area contributed by atoms with Crippen molar-refractivity contribution in [1.82, 2.24) is 4.57 Å². The molecular formula is C41H31N. The first-order valence-corrected chi connectivity index (χ1v) is 14.4. The summed E-state index contributed by atoms with van der Waals surface area (Å²) in [6.45, 7) is 8.81. The van der Waals surface area contributed by atoms with Gasteiger partial charge in [-0.05, 0) is 98.6 Å². The van der Waals surface area contributed by atoms with Crippen molar-refractivity contribution in [3.63, 3.8) is 0 Å². The van der Waals surface area contributed by atoms with Gasteiger partial charge in [0.25, 0.3) is 0 Å². The van der Waals surface area contributed by atoms with Crippen LogP contribution in [0, 0.1) is 0 Å².